The highest BCUT2D eigenvalue weighted by Gasteiger charge is 2.30. The second-order valence-electron chi connectivity index (χ2n) is 5.69. The van der Waals surface area contributed by atoms with Gasteiger partial charge in [0.05, 0.1) is 11.6 Å². The molecule has 0 aliphatic rings. The molecule has 0 radical (unpaired) electrons. The van der Waals surface area contributed by atoms with Gasteiger partial charge in [-0.05, 0) is 29.8 Å². The SMILES string of the molecule is O=c1[nH]c(Cc2ccc(OC(F)(F)F)cc2)nc2scc(-c3ccco3)c12. The predicted octanol–water partition coefficient (Wildman–Crippen LogP) is 4.73. The van der Waals surface area contributed by atoms with E-state index in [0.29, 0.717) is 32.9 Å². The zero-order valence-corrected chi connectivity index (χ0v) is 14.4. The van der Waals surface area contributed by atoms with Gasteiger partial charge in [-0.1, -0.05) is 12.1 Å². The van der Waals surface area contributed by atoms with E-state index in [1.165, 1.54) is 41.9 Å². The third-order valence-electron chi connectivity index (χ3n) is 3.81. The Bertz CT molecular complexity index is 1130. The lowest BCUT2D eigenvalue weighted by molar-refractivity contribution is -0.274. The van der Waals surface area contributed by atoms with Crippen LogP contribution in [0.15, 0.2) is 57.3 Å². The highest BCUT2D eigenvalue weighted by molar-refractivity contribution is 7.17. The zero-order valence-electron chi connectivity index (χ0n) is 13.5. The van der Waals surface area contributed by atoms with Crippen LogP contribution in [0.25, 0.3) is 21.5 Å². The molecule has 0 bridgehead atoms. The monoisotopic (exact) mass is 392 g/mol. The van der Waals surface area contributed by atoms with Crippen molar-refractivity contribution in [3.05, 3.63) is 69.8 Å². The van der Waals surface area contributed by atoms with E-state index in [0.717, 1.165) is 0 Å². The number of nitrogens with one attached hydrogen (secondary N) is 1. The van der Waals surface area contributed by atoms with Gasteiger partial charge in [0.1, 0.15) is 22.2 Å². The highest BCUT2D eigenvalue weighted by atomic mass is 32.1. The number of halogens is 3. The molecule has 0 aliphatic carbocycles. The summed E-state index contributed by atoms with van der Waals surface area (Å²) in [6.07, 6.45) is -2.93. The van der Waals surface area contributed by atoms with Crippen molar-refractivity contribution in [3.63, 3.8) is 0 Å². The molecule has 0 fully saturated rings. The Hall–Kier alpha value is -3.07. The van der Waals surface area contributed by atoms with Gasteiger partial charge in [-0.15, -0.1) is 24.5 Å². The van der Waals surface area contributed by atoms with E-state index < -0.39 is 6.36 Å². The van der Waals surface area contributed by atoms with Crippen molar-refractivity contribution in [2.75, 3.05) is 0 Å². The maximum absolute atomic E-state index is 12.5. The number of fused-ring (bicyclic) bond motifs is 1. The number of hydrogen-bond acceptors (Lipinski definition) is 5. The molecule has 138 valence electrons. The van der Waals surface area contributed by atoms with Gasteiger partial charge in [-0.2, -0.15) is 0 Å². The molecule has 1 N–H and O–H groups in total. The molecule has 4 aromatic rings. The van der Waals surface area contributed by atoms with Crippen LogP contribution in [0.5, 0.6) is 5.75 Å². The van der Waals surface area contributed by atoms with Crippen LogP contribution in [0.3, 0.4) is 0 Å². The molecule has 0 unspecified atom stereocenters. The van der Waals surface area contributed by atoms with Gasteiger partial charge in [-0.3, -0.25) is 4.79 Å². The van der Waals surface area contributed by atoms with E-state index in [-0.39, 0.29) is 17.7 Å². The molecule has 0 saturated heterocycles. The molecule has 0 amide bonds. The summed E-state index contributed by atoms with van der Waals surface area (Å²) in [4.78, 5) is 20.2. The third-order valence-corrected chi connectivity index (χ3v) is 4.68. The first kappa shape index (κ1) is 17.3. The Morgan fingerprint density at radius 1 is 1.19 bits per heavy atom. The Kier molecular flexibility index (Phi) is 4.23. The quantitative estimate of drug-likeness (QED) is 0.545. The molecule has 0 aliphatic heterocycles. The number of furan rings is 1. The van der Waals surface area contributed by atoms with E-state index in [1.54, 1.807) is 17.5 Å². The van der Waals surface area contributed by atoms with Crippen LogP contribution in [0, 0.1) is 0 Å². The van der Waals surface area contributed by atoms with Gasteiger partial charge >= 0.3 is 6.36 Å². The molecule has 0 atom stereocenters. The number of aromatic amines is 1. The van der Waals surface area contributed by atoms with Crippen molar-refractivity contribution in [2.24, 2.45) is 0 Å². The second-order valence-corrected chi connectivity index (χ2v) is 6.55. The summed E-state index contributed by atoms with van der Waals surface area (Å²) in [5, 5.41) is 2.26. The van der Waals surface area contributed by atoms with E-state index in [9.17, 15) is 18.0 Å². The van der Waals surface area contributed by atoms with Crippen molar-refractivity contribution >= 4 is 21.6 Å². The van der Waals surface area contributed by atoms with Gasteiger partial charge in [0.2, 0.25) is 0 Å². The van der Waals surface area contributed by atoms with Gasteiger partial charge in [0.25, 0.3) is 5.56 Å². The lowest BCUT2D eigenvalue weighted by Crippen LogP contribution is -2.17. The molecule has 5 nitrogen and oxygen atoms in total. The number of ether oxygens (including phenoxy) is 1. The van der Waals surface area contributed by atoms with Crippen molar-refractivity contribution in [2.45, 2.75) is 12.8 Å². The molecule has 1 aromatic carbocycles. The predicted molar refractivity (Wildman–Crippen MR) is 93.9 cm³/mol. The summed E-state index contributed by atoms with van der Waals surface area (Å²) in [7, 11) is 0. The van der Waals surface area contributed by atoms with E-state index in [1.807, 2.05) is 0 Å². The molecule has 0 saturated carbocycles. The molecule has 4 rings (SSSR count). The van der Waals surface area contributed by atoms with Gasteiger partial charge < -0.3 is 14.1 Å². The number of hydrogen-bond donors (Lipinski definition) is 1. The van der Waals surface area contributed by atoms with Crippen molar-refractivity contribution < 1.29 is 22.3 Å². The fraction of sp³-hybridized carbons (Fsp3) is 0.111. The molecule has 3 aromatic heterocycles. The molecular weight excluding hydrogens is 381 g/mol. The standard InChI is InChI=1S/C18H11F3N2O3S/c19-18(20,21)26-11-5-3-10(4-6-11)8-14-22-16(24)15-12(9-27-17(15)23-14)13-2-1-7-25-13/h1-7,9H,8H2,(H,22,23,24). The Morgan fingerprint density at radius 3 is 2.63 bits per heavy atom. The first-order chi connectivity index (χ1) is 12.9. The molecular formula is C18H11F3N2O3S. The first-order valence-corrected chi connectivity index (χ1v) is 8.66. The lowest BCUT2D eigenvalue weighted by atomic mass is 10.1. The topological polar surface area (TPSA) is 68.1 Å². The van der Waals surface area contributed by atoms with Crippen LogP contribution in [0.1, 0.15) is 11.4 Å². The molecule has 0 spiro atoms. The number of aromatic nitrogens is 2. The minimum absolute atomic E-state index is 0.269. The summed E-state index contributed by atoms with van der Waals surface area (Å²) in [6, 6.07) is 8.93. The number of thiophene rings is 1. The zero-order chi connectivity index (χ0) is 19.0. The number of alkyl halides is 3. The summed E-state index contributed by atoms with van der Waals surface area (Å²) < 4.78 is 45.8. The van der Waals surface area contributed by atoms with Crippen LogP contribution in [0.4, 0.5) is 13.2 Å². The molecule has 9 heteroatoms. The lowest BCUT2D eigenvalue weighted by Gasteiger charge is -2.09. The smallest absolute Gasteiger partial charge is 0.464 e. The molecule has 3 heterocycles. The average molecular weight is 392 g/mol. The van der Waals surface area contributed by atoms with E-state index in [4.69, 9.17) is 4.42 Å². The van der Waals surface area contributed by atoms with Gasteiger partial charge in [0.15, 0.2) is 0 Å². The van der Waals surface area contributed by atoms with E-state index in [2.05, 4.69) is 14.7 Å². The Balaban J connectivity index is 1.61. The minimum Gasteiger partial charge on any atom is -0.464 e. The number of benzene rings is 1. The van der Waals surface area contributed by atoms with Crippen molar-refractivity contribution in [1.29, 1.82) is 0 Å². The van der Waals surface area contributed by atoms with Crippen LogP contribution in [0.2, 0.25) is 0 Å². The van der Waals surface area contributed by atoms with Gasteiger partial charge in [0, 0.05) is 17.4 Å². The third kappa shape index (κ3) is 3.72. The largest absolute Gasteiger partial charge is 0.573 e. The maximum atomic E-state index is 12.5. The fourth-order valence-corrected chi connectivity index (χ4v) is 3.64. The average Bonchev–Trinajstić information content (AvgIpc) is 3.24. The normalized spacial score (nSPS) is 11.8. The Labute approximate surface area is 154 Å². The number of H-pyrrole nitrogens is 1. The molecule has 27 heavy (non-hydrogen) atoms. The van der Waals surface area contributed by atoms with E-state index >= 15 is 0 Å². The highest BCUT2D eigenvalue weighted by Crippen LogP contribution is 2.31. The van der Waals surface area contributed by atoms with Crippen LogP contribution < -0.4 is 10.3 Å². The number of nitrogens with zero attached hydrogens (tertiary/aromatic N) is 1. The van der Waals surface area contributed by atoms with Crippen LogP contribution in [-0.2, 0) is 6.42 Å². The van der Waals surface area contributed by atoms with Crippen LogP contribution >= 0.6 is 11.3 Å². The van der Waals surface area contributed by atoms with Gasteiger partial charge in [-0.25, -0.2) is 4.98 Å². The van der Waals surface area contributed by atoms with Crippen molar-refractivity contribution in [1.82, 2.24) is 9.97 Å². The number of rotatable bonds is 4. The summed E-state index contributed by atoms with van der Waals surface area (Å²) in [5.74, 6) is 0.705. The van der Waals surface area contributed by atoms with Crippen LogP contribution in [-0.4, -0.2) is 16.3 Å². The minimum atomic E-state index is -4.73. The Morgan fingerprint density at radius 2 is 1.96 bits per heavy atom. The second kappa shape index (κ2) is 6.58. The first-order valence-electron chi connectivity index (χ1n) is 7.78. The maximum Gasteiger partial charge on any atom is 0.573 e. The summed E-state index contributed by atoms with van der Waals surface area (Å²) >= 11 is 1.32. The van der Waals surface area contributed by atoms with Crippen molar-refractivity contribution in [3.8, 4) is 17.1 Å². The summed E-state index contributed by atoms with van der Waals surface area (Å²) in [6.45, 7) is 0. The fourth-order valence-electron chi connectivity index (χ4n) is 2.69. The summed E-state index contributed by atoms with van der Waals surface area (Å²) in [5.41, 5.74) is 1.07.